The third kappa shape index (κ3) is 3.51. The van der Waals surface area contributed by atoms with E-state index in [1.807, 2.05) is 23.1 Å². The lowest BCUT2D eigenvalue weighted by atomic mass is 9.93. The summed E-state index contributed by atoms with van der Waals surface area (Å²) in [5.41, 5.74) is 7.89. The molecule has 0 bridgehead atoms. The van der Waals surface area contributed by atoms with Crippen molar-refractivity contribution < 1.29 is 13.9 Å². The first-order chi connectivity index (χ1) is 11.1. The third-order valence-corrected chi connectivity index (χ3v) is 4.15. The molecule has 2 aromatic carbocycles. The van der Waals surface area contributed by atoms with Crippen LogP contribution in [-0.4, -0.2) is 30.0 Å². The largest absolute Gasteiger partial charge is 0.489 e. The summed E-state index contributed by atoms with van der Waals surface area (Å²) in [6.45, 7) is 1.45. The lowest BCUT2D eigenvalue weighted by Gasteiger charge is -2.34. The average molecular weight is 314 g/mol. The van der Waals surface area contributed by atoms with Gasteiger partial charge in [-0.15, -0.1) is 0 Å². The number of hydrogen-bond acceptors (Lipinski definition) is 3. The van der Waals surface area contributed by atoms with E-state index >= 15 is 0 Å². The minimum atomic E-state index is -0.386. The average Bonchev–Trinajstić information content (AvgIpc) is 2.56. The topological polar surface area (TPSA) is 55.6 Å². The summed E-state index contributed by atoms with van der Waals surface area (Å²) in [7, 11) is 0. The standard InChI is InChI=1S/C18H19FN2O2/c19-15-7-3-4-8-17(15)23-10-9-21-12-14-6-2-1-5-13(14)11-16(21)18(20)22/h1-8,16H,9-12H2,(H2,20,22). The van der Waals surface area contributed by atoms with Crippen LogP contribution in [0.15, 0.2) is 48.5 Å². The Morgan fingerprint density at radius 1 is 1.17 bits per heavy atom. The lowest BCUT2D eigenvalue weighted by Crippen LogP contribution is -2.49. The van der Waals surface area contributed by atoms with Crippen molar-refractivity contribution in [2.24, 2.45) is 5.73 Å². The number of carbonyl (C=O) groups is 1. The highest BCUT2D eigenvalue weighted by Gasteiger charge is 2.29. The van der Waals surface area contributed by atoms with Crippen molar-refractivity contribution in [3.05, 3.63) is 65.5 Å². The maximum atomic E-state index is 13.5. The van der Waals surface area contributed by atoms with Crippen molar-refractivity contribution in [3.63, 3.8) is 0 Å². The van der Waals surface area contributed by atoms with Gasteiger partial charge in [0.15, 0.2) is 11.6 Å². The van der Waals surface area contributed by atoms with Crippen LogP contribution in [0.25, 0.3) is 0 Å². The molecule has 1 atom stereocenters. The minimum absolute atomic E-state index is 0.223. The zero-order valence-corrected chi connectivity index (χ0v) is 12.7. The van der Waals surface area contributed by atoms with Gasteiger partial charge in [0, 0.05) is 13.1 Å². The highest BCUT2D eigenvalue weighted by molar-refractivity contribution is 5.80. The zero-order valence-electron chi connectivity index (χ0n) is 12.7. The highest BCUT2D eigenvalue weighted by Crippen LogP contribution is 2.23. The van der Waals surface area contributed by atoms with Gasteiger partial charge in [-0.05, 0) is 29.7 Å². The normalized spacial score (nSPS) is 17.5. The molecule has 1 aliphatic heterocycles. The molecule has 120 valence electrons. The van der Waals surface area contributed by atoms with Gasteiger partial charge >= 0.3 is 0 Å². The van der Waals surface area contributed by atoms with Crippen molar-refractivity contribution in [1.29, 1.82) is 0 Å². The molecule has 0 saturated heterocycles. The molecule has 1 aliphatic rings. The van der Waals surface area contributed by atoms with Crippen molar-refractivity contribution in [1.82, 2.24) is 4.90 Å². The Hall–Kier alpha value is -2.40. The van der Waals surface area contributed by atoms with E-state index in [2.05, 4.69) is 6.07 Å². The SMILES string of the molecule is NC(=O)C1Cc2ccccc2CN1CCOc1ccccc1F. The summed E-state index contributed by atoms with van der Waals surface area (Å²) < 4.78 is 19.0. The Morgan fingerprint density at radius 2 is 1.87 bits per heavy atom. The molecule has 0 fully saturated rings. The van der Waals surface area contributed by atoms with Gasteiger partial charge in [0.1, 0.15) is 6.61 Å². The third-order valence-electron chi connectivity index (χ3n) is 4.15. The van der Waals surface area contributed by atoms with Crippen LogP contribution in [0.5, 0.6) is 5.75 Å². The summed E-state index contributed by atoms with van der Waals surface area (Å²) in [5.74, 6) is -0.506. The number of halogens is 1. The molecule has 5 heteroatoms. The van der Waals surface area contributed by atoms with Crippen molar-refractivity contribution in [3.8, 4) is 5.75 Å². The van der Waals surface area contributed by atoms with Gasteiger partial charge < -0.3 is 10.5 Å². The first-order valence-electron chi connectivity index (χ1n) is 7.62. The number of amides is 1. The summed E-state index contributed by atoms with van der Waals surface area (Å²) in [6.07, 6.45) is 0.602. The number of primary amides is 1. The Morgan fingerprint density at radius 3 is 2.61 bits per heavy atom. The van der Waals surface area contributed by atoms with E-state index in [0.717, 1.165) is 5.56 Å². The second-order valence-electron chi connectivity index (χ2n) is 5.64. The van der Waals surface area contributed by atoms with Crippen LogP contribution in [0.3, 0.4) is 0 Å². The Kier molecular flexibility index (Phi) is 4.57. The van der Waals surface area contributed by atoms with Gasteiger partial charge in [-0.2, -0.15) is 0 Å². The molecule has 3 rings (SSSR count). The summed E-state index contributed by atoms with van der Waals surface area (Å²) in [4.78, 5) is 13.7. The van der Waals surface area contributed by atoms with E-state index < -0.39 is 0 Å². The van der Waals surface area contributed by atoms with E-state index in [1.165, 1.54) is 11.6 Å². The van der Waals surface area contributed by atoms with Crippen molar-refractivity contribution in [2.45, 2.75) is 19.0 Å². The fourth-order valence-corrected chi connectivity index (χ4v) is 2.93. The zero-order chi connectivity index (χ0) is 16.2. The van der Waals surface area contributed by atoms with Gasteiger partial charge in [-0.25, -0.2) is 4.39 Å². The number of nitrogens with zero attached hydrogens (tertiary/aromatic N) is 1. The smallest absolute Gasteiger partial charge is 0.235 e. The summed E-state index contributed by atoms with van der Waals surface area (Å²) in [6, 6.07) is 14.0. The first-order valence-corrected chi connectivity index (χ1v) is 7.62. The molecule has 4 nitrogen and oxygen atoms in total. The van der Waals surface area contributed by atoms with E-state index in [1.54, 1.807) is 18.2 Å². The monoisotopic (exact) mass is 314 g/mol. The predicted octanol–water partition coefficient (Wildman–Crippen LogP) is 2.12. The number of fused-ring (bicyclic) bond motifs is 1. The van der Waals surface area contributed by atoms with Crippen LogP contribution in [-0.2, 0) is 17.8 Å². The number of benzene rings is 2. The maximum Gasteiger partial charge on any atom is 0.235 e. The second-order valence-corrected chi connectivity index (χ2v) is 5.64. The summed E-state index contributed by atoms with van der Waals surface area (Å²) in [5, 5.41) is 0. The van der Waals surface area contributed by atoms with Crippen LogP contribution >= 0.6 is 0 Å². The van der Waals surface area contributed by atoms with Crippen molar-refractivity contribution >= 4 is 5.91 Å². The first kappa shape index (κ1) is 15.5. The van der Waals surface area contributed by atoms with Crippen LogP contribution in [0.1, 0.15) is 11.1 Å². The number of hydrogen-bond donors (Lipinski definition) is 1. The fraction of sp³-hybridized carbons (Fsp3) is 0.278. The van der Waals surface area contributed by atoms with Crippen molar-refractivity contribution in [2.75, 3.05) is 13.2 Å². The van der Waals surface area contributed by atoms with Gasteiger partial charge in [0.2, 0.25) is 5.91 Å². The highest BCUT2D eigenvalue weighted by atomic mass is 19.1. The number of rotatable bonds is 5. The van der Waals surface area contributed by atoms with Gasteiger partial charge in [0.25, 0.3) is 0 Å². The Bertz CT molecular complexity index is 705. The Labute approximate surface area is 134 Å². The second kappa shape index (κ2) is 6.79. The quantitative estimate of drug-likeness (QED) is 0.920. The molecular weight excluding hydrogens is 295 g/mol. The lowest BCUT2D eigenvalue weighted by molar-refractivity contribution is -0.124. The van der Waals surface area contributed by atoms with Crippen LogP contribution < -0.4 is 10.5 Å². The van der Waals surface area contributed by atoms with Crippen LogP contribution in [0.2, 0.25) is 0 Å². The molecule has 1 amide bonds. The molecule has 0 aromatic heterocycles. The molecular formula is C18H19FN2O2. The van der Waals surface area contributed by atoms with E-state index in [-0.39, 0.29) is 23.5 Å². The summed E-state index contributed by atoms with van der Waals surface area (Å²) >= 11 is 0. The molecule has 0 spiro atoms. The fourth-order valence-electron chi connectivity index (χ4n) is 2.93. The number of para-hydroxylation sites is 1. The minimum Gasteiger partial charge on any atom is -0.489 e. The van der Waals surface area contributed by atoms with Crippen LogP contribution in [0, 0.1) is 5.82 Å². The van der Waals surface area contributed by atoms with Crippen LogP contribution in [0.4, 0.5) is 4.39 Å². The Balaban J connectivity index is 1.66. The molecule has 0 saturated carbocycles. The molecule has 23 heavy (non-hydrogen) atoms. The van der Waals surface area contributed by atoms with E-state index in [4.69, 9.17) is 10.5 Å². The van der Waals surface area contributed by atoms with Gasteiger partial charge in [0.05, 0.1) is 6.04 Å². The molecule has 0 aliphatic carbocycles. The van der Waals surface area contributed by atoms with Gasteiger partial charge in [-0.3, -0.25) is 9.69 Å². The molecule has 2 N–H and O–H groups in total. The number of carbonyl (C=O) groups excluding carboxylic acids is 1. The predicted molar refractivity (Wildman–Crippen MR) is 85.4 cm³/mol. The number of ether oxygens (including phenoxy) is 1. The van der Waals surface area contributed by atoms with E-state index in [0.29, 0.717) is 26.1 Å². The molecule has 1 heterocycles. The maximum absolute atomic E-state index is 13.5. The molecule has 0 radical (unpaired) electrons. The van der Waals surface area contributed by atoms with E-state index in [9.17, 15) is 9.18 Å². The molecule has 2 aromatic rings. The van der Waals surface area contributed by atoms with Gasteiger partial charge in [-0.1, -0.05) is 36.4 Å². The molecule has 1 unspecified atom stereocenters. The number of nitrogens with two attached hydrogens (primary N) is 1.